The lowest BCUT2D eigenvalue weighted by Crippen LogP contribution is -2.14. The number of hydrogen-bond donors (Lipinski definition) is 0. The van der Waals surface area contributed by atoms with Gasteiger partial charge in [0.15, 0.2) is 5.78 Å². The van der Waals surface area contributed by atoms with E-state index in [-0.39, 0.29) is 23.9 Å². The number of Topliss-reactive ketones (excluding diaryl/α,β-unsaturated/α-hetero) is 1. The second-order valence-corrected chi connectivity index (χ2v) is 4.18. The maximum absolute atomic E-state index is 12.7. The summed E-state index contributed by atoms with van der Waals surface area (Å²) in [6.07, 6.45) is 2.55. The molecule has 2 aromatic rings. The zero-order valence-corrected chi connectivity index (χ0v) is 10.2. The average molecular weight is 248 g/mol. The molecule has 2 heterocycles. The van der Waals surface area contributed by atoms with Crippen LogP contribution in [-0.2, 0) is 6.42 Å². The number of ketones is 1. The summed E-state index contributed by atoms with van der Waals surface area (Å²) in [5, 5.41) is 4.05. The second-order valence-electron chi connectivity index (χ2n) is 4.18. The summed E-state index contributed by atoms with van der Waals surface area (Å²) in [7, 11) is 0. The van der Waals surface area contributed by atoms with E-state index < -0.39 is 5.82 Å². The SMILES string of the molecule is CC(C)n1ncnc1CC(=O)c1ccc(F)cn1. The molecule has 2 aromatic heterocycles. The fraction of sp³-hybridized carbons (Fsp3) is 0.333. The van der Waals surface area contributed by atoms with E-state index in [1.165, 1.54) is 18.5 Å². The van der Waals surface area contributed by atoms with Crippen molar-refractivity contribution in [2.75, 3.05) is 0 Å². The lowest BCUT2D eigenvalue weighted by molar-refractivity contribution is 0.0984. The fourth-order valence-corrected chi connectivity index (χ4v) is 1.61. The van der Waals surface area contributed by atoms with E-state index in [1.54, 1.807) is 4.68 Å². The smallest absolute Gasteiger partial charge is 0.188 e. The number of rotatable bonds is 4. The van der Waals surface area contributed by atoms with Crippen molar-refractivity contribution in [1.82, 2.24) is 19.7 Å². The van der Waals surface area contributed by atoms with Crippen LogP contribution >= 0.6 is 0 Å². The van der Waals surface area contributed by atoms with Gasteiger partial charge in [0.05, 0.1) is 12.6 Å². The molecule has 2 rings (SSSR count). The van der Waals surface area contributed by atoms with E-state index >= 15 is 0 Å². The Morgan fingerprint density at radius 1 is 1.39 bits per heavy atom. The van der Waals surface area contributed by atoms with Crippen LogP contribution in [0.1, 0.15) is 36.2 Å². The fourth-order valence-electron chi connectivity index (χ4n) is 1.61. The topological polar surface area (TPSA) is 60.7 Å². The summed E-state index contributed by atoms with van der Waals surface area (Å²) in [5.41, 5.74) is 0.231. The molecular weight excluding hydrogens is 235 g/mol. The number of hydrogen-bond acceptors (Lipinski definition) is 4. The highest BCUT2D eigenvalue weighted by Gasteiger charge is 2.14. The first-order valence-electron chi connectivity index (χ1n) is 5.61. The van der Waals surface area contributed by atoms with Gasteiger partial charge in [0.2, 0.25) is 0 Å². The van der Waals surface area contributed by atoms with E-state index in [9.17, 15) is 9.18 Å². The Balaban J connectivity index is 2.16. The summed E-state index contributed by atoms with van der Waals surface area (Å²) in [4.78, 5) is 19.7. The van der Waals surface area contributed by atoms with Crippen LogP contribution in [0, 0.1) is 5.82 Å². The molecule has 0 aliphatic rings. The number of halogens is 1. The van der Waals surface area contributed by atoms with Crippen LogP contribution in [0.5, 0.6) is 0 Å². The summed E-state index contributed by atoms with van der Waals surface area (Å²) in [6, 6.07) is 2.72. The monoisotopic (exact) mass is 248 g/mol. The van der Waals surface area contributed by atoms with Gasteiger partial charge in [0.25, 0.3) is 0 Å². The summed E-state index contributed by atoms with van der Waals surface area (Å²) < 4.78 is 14.4. The van der Waals surface area contributed by atoms with Gasteiger partial charge in [-0.1, -0.05) is 0 Å². The van der Waals surface area contributed by atoms with Crippen molar-refractivity contribution in [3.8, 4) is 0 Å². The van der Waals surface area contributed by atoms with Gasteiger partial charge in [-0.15, -0.1) is 0 Å². The maximum Gasteiger partial charge on any atom is 0.188 e. The molecule has 0 atom stereocenters. The zero-order valence-electron chi connectivity index (χ0n) is 10.2. The van der Waals surface area contributed by atoms with E-state index in [2.05, 4.69) is 15.1 Å². The highest BCUT2D eigenvalue weighted by molar-refractivity contribution is 5.95. The Kier molecular flexibility index (Phi) is 3.45. The van der Waals surface area contributed by atoms with Crippen molar-refractivity contribution in [1.29, 1.82) is 0 Å². The first kappa shape index (κ1) is 12.3. The van der Waals surface area contributed by atoms with Crippen molar-refractivity contribution in [2.24, 2.45) is 0 Å². The van der Waals surface area contributed by atoms with Gasteiger partial charge in [-0.25, -0.2) is 14.1 Å². The quantitative estimate of drug-likeness (QED) is 0.774. The Hall–Kier alpha value is -2.11. The second kappa shape index (κ2) is 5.03. The van der Waals surface area contributed by atoms with Crippen LogP contribution in [0.15, 0.2) is 24.7 Å². The molecule has 18 heavy (non-hydrogen) atoms. The molecule has 0 saturated carbocycles. The van der Waals surface area contributed by atoms with Gasteiger partial charge in [-0.3, -0.25) is 9.78 Å². The molecule has 0 saturated heterocycles. The third-order valence-corrected chi connectivity index (χ3v) is 2.47. The summed E-state index contributed by atoms with van der Waals surface area (Å²) >= 11 is 0. The molecule has 0 spiro atoms. The first-order chi connectivity index (χ1) is 8.58. The number of aromatic nitrogens is 4. The van der Waals surface area contributed by atoms with Crippen LogP contribution in [0.2, 0.25) is 0 Å². The molecule has 6 heteroatoms. The van der Waals surface area contributed by atoms with Crippen molar-refractivity contribution >= 4 is 5.78 Å². The molecule has 0 unspecified atom stereocenters. The molecule has 0 aliphatic heterocycles. The van der Waals surface area contributed by atoms with Crippen molar-refractivity contribution in [2.45, 2.75) is 26.3 Å². The summed E-state index contributed by atoms with van der Waals surface area (Å²) in [6.45, 7) is 3.91. The molecule has 0 amide bonds. The predicted octanol–water partition coefficient (Wildman–Crippen LogP) is 1.82. The molecule has 0 N–H and O–H groups in total. The van der Waals surface area contributed by atoms with Crippen molar-refractivity contribution < 1.29 is 9.18 Å². The van der Waals surface area contributed by atoms with Gasteiger partial charge in [0.1, 0.15) is 23.7 Å². The largest absolute Gasteiger partial charge is 0.292 e. The van der Waals surface area contributed by atoms with Crippen LogP contribution in [-0.4, -0.2) is 25.5 Å². The number of pyridine rings is 1. The molecule has 0 radical (unpaired) electrons. The Labute approximate surface area is 104 Å². The van der Waals surface area contributed by atoms with Crippen molar-refractivity contribution in [3.63, 3.8) is 0 Å². The third-order valence-electron chi connectivity index (χ3n) is 2.47. The number of carbonyl (C=O) groups is 1. The Morgan fingerprint density at radius 2 is 2.17 bits per heavy atom. The molecule has 5 nitrogen and oxygen atoms in total. The summed E-state index contributed by atoms with van der Waals surface area (Å²) in [5.74, 6) is -0.0806. The van der Waals surface area contributed by atoms with E-state index in [0.29, 0.717) is 5.82 Å². The number of nitrogens with zero attached hydrogens (tertiary/aromatic N) is 4. The molecule has 0 fully saturated rings. The first-order valence-corrected chi connectivity index (χ1v) is 5.61. The number of carbonyl (C=O) groups excluding carboxylic acids is 1. The van der Waals surface area contributed by atoms with Gasteiger partial charge in [0, 0.05) is 6.04 Å². The Bertz CT molecular complexity index is 547. The Morgan fingerprint density at radius 3 is 2.78 bits per heavy atom. The van der Waals surface area contributed by atoms with Crippen molar-refractivity contribution in [3.05, 3.63) is 42.0 Å². The molecule has 0 aromatic carbocycles. The maximum atomic E-state index is 12.7. The normalized spacial score (nSPS) is 10.9. The standard InChI is InChI=1S/C12H13FN4O/c1-8(2)17-12(15-7-16-17)5-11(18)10-4-3-9(13)6-14-10/h3-4,6-8H,5H2,1-2H3. The highest BCUT2D eigenvalue weighted by Crippen LogP contribution is 2.08. The van der Waals surface area contributed by atoms with E-state index in [0.717, 1.165) is 6.20 Å². The lowest BCUT2D eigenvalue weighted by atomic mass is 10.2. The van der Waals surface area contributed by atoms with E-state index in [1.807, 2.05) is 13.8 Å². The van der Waals surface area contributed by atoms with Gasteiger partial charge < -0.3 is 0 Å². The molecular formula is C12H13FN4O. The van der Waals surface area contributed by atoms with Gasteiger partial charge in [-0.05, 0) is 26.0 Å². The highest BCUT2D eigenvalue weighted by atomic mass is 19.1. The average Bonchev–Trinajstić information content (AvgIpc) is 2.78. The predicted molar refractivity (Wildman–Crippen MR) is 62.6 cm³/mol. The minimum atomic E-state index is -0.461. The molecule has 0 aliphatic carbocycles. The minimum absolute atomic E-state index is 0.108. The molecule has 0 bridgehead atoms. The van der Waals surface area contributed by atoms with E-state index in [4.69, 9.17) is 0 Å². The third kappa shape index (κ3) is 2.58. The van der Waals surface area contributed by atoms with Crippen LogP contribution in [0.25, 0.3) is 0 Å². The van der Waals surface area contributed by atoms with Gasteiger partial charge in [-0.2, -0.15) is 5.10 Å². The van der Waals surface area contributed by atoms with Crippen LogP contribution < -0.4 is 0 Å². The zero-order chi connectivity index (χ0) is 13.1. The molecule has 94 valence electrons. The van der Waals surface area contributed by atoms with Crippen LogP contribution in [0.3, 0.4) is 0 Å². The minimum Gasteiger partial charge on any atom is -0.292 e. The lowest BCUT2D eigenvalue weighted by Gasteiger charge is -2.08. The van der Waals surface area contributed by atoms with Crippen LogP contribution in [0.4, 0.5) is 4.39 Å². The van der Waals surface area contributed by atoms with Gasteiger partial charge >= 0.3 is 0 Å².